The Morgan fingerprint density at radius 3 is 2.71 bits per heavy atom. The first-order valence-electron chi connectivity index (χ1n) is 9.64. The molecular weight excluding hydrogens is 300 g/mol. The maximum atomic E-state index is 6.41. The number of ether oxygens (including phenoxy) is 2. The van der Waals surface area contributed by atoms with Gasteiger partial charge in [-0.25, -0.2) is 0 Å². The SMILES string of the molecule is NC1CCCN2CCOc3ccccc3C3CCC(CC3)OCC12. The molecule has 2 bridgehead atoms. The zero-order valence-electron chi connectivity index (χ0n) is 14.5. The van der Waals surface area contributed by atoms with E-state index in [0.29, 0.717) is 18.1 Å². The Kier molecular flexibility index (Phi) is 5.06. The standard InChI is InChI=1S/C20H30N2O2/c21-18-5-3-11-22-12-13-23-20-6-2-1-4-17(20)15-7-9-16(10-8-15)24-14-19(18)22/h1-2,4,6,15-16,18-19H,3,5,7-14,21H2. The molecule has 1 saturated carbocycles. The number of hydrogen-bond donors (Lipinski definition) is 1. The minimum absolute atomic E-state index is 0.229. The lowest BCUT2D eigenvalue weighted by Gasteiger charge is -2.40. The van der Waals surface area contributed by atoms with Crippen molar-refractivity contribution in [3.05, 3.63) is 29.8 Å². The normalized spacial score (nSPS) is 34.9. The number of piperidine rings is 1. The van der Waals surface area contributed by atoms with Crippen molar-refractivity contribution in [2.75, 3.05) is 26.3 Å². The summed E-state index contributed by atoms with van der Waals surface area (Å²) in [5, 5.41) is 0. The molecule has 4 aliphatic rings. The Labute approximate surface area is 145 Å². The number of rotatable bonds is 0. The van der Waals surface area contributed by atoms with Gasteiger partial charge < -0.3 is 15.2 Å². The highest BCUT2D eigenvalue weighted by Gasteiger charge is 2.32. The van der Waals surface area contributed by atoms with Gasteiger partial charge in [0.25, 0.3) is 0 Å². The van der Waals surface area contributed by atoms with Crippen molar-refractivity contribution >= 4 is 0 Å². The van der Waals surface area contributed by atoms with E-state index in [1.807, 2.05) is 0 Å². The van der Waals surface area contributed by atoms with Crippen molar-refractivity contribution in [2.24, 2.45) is 5.73 Å². The van der Waals surface area contributed by atoms with Crippen molar-refractivity contribution in [3.63, 3.8) is 0 Å². The summed E-state index contributed by atoms with van der Waals surface area (Å²) in [5.74, 6) is 1.70. The highest BCUT2D eigenvalue weighted by atomic mass is 16.5. The molecular formula is C20H30N2O2. The van der Waals surface area contributed by atoms with Crippen LogP contribution < -0.4 is 10.5 Å². The Morgan fingerprint density at radius 1 is 1.00 bits per heavy atom. The molecule has 24 heavy (non-hydrogen) atoms. The molecule has 2 fully saturated rings. The lowest BCUT2D eigenvalue weighted by molar-refractivity contribution is -0.0266. The predicted molar refractivity (Wildman–Crippen MR) is 95.5 cm³/mol. The number of nitrogens with zero attached hydrogens (tertiary/aromatic N) is 1. The number of nitrogens with two attached hydrogens (primary N) is 1. The van der Waals surface area contributed by atoms with Gasteiger partial charge in [0.1, 0.15) is 12.4 Å². The van der Waals surface area contributed by atoms with Crippen LogP contribution in [0.4, 0.5) is 0 Å². The van der Waals surface area contributed by atoms with Gasteiger partial charge in [0.05, 0.1) is 12.7 Å². The highest BCUT2D eigenvalue weighted by molar-refractivity contribution is 5.36. The fourth-order valence-corrected chi connectivity index (χ4v) is 4.66. The van der Waals surface area contributed by atoms with E-state index < -0.39 is 0 Å². The third-order valence-corrected chi connectivity index (χ3v) is 6.12. The maximum Gasteiger partial charge on any atom is 0.122 e. The quantitative estimate of drug-likeness (QED) is 0.794. The average molecular weight is 330 g/mol. The molecule has 2 atom stereocenters. The van der Waals surface area contributed by atoms with E-state index >= 15 is 0 Å². The number of benzene rings is 1. The minimum atomic E-state index is 0.229. The third-order valence-electron chi connectivity index (χ3n) is 6.12. The first kappa shape index (κ1) is 16.4. The van der Waals surface area contributed by atoms with Crippen LogP contribution in [0.2, 0.25) is 0 Å². The van der Waals surface area contributed by atoms with Crippen molar-refractivity contribution in [1.29, 1.82) is 0 Å². The van der Waals surface area contributed by atoms with E-state index in [9.17, 15) is 0 Å². The first-order valence-corrected chi connectivity index (χ1v) is 9.64. The molecule has 1 aromatic carbocycles. The predicted octanol–water partition coefficient (Wildman–Crippen LogP) is 2.91. The molecule has 0 radical (unpaired) electrons. The van der Waals surface area contributed by atoms with Crippen molar-refractivity contribution in [3.8, 4) is 5.75 Å². The van der Waals surface area contributed by atoms with Crippen LogP contribution in [0.15, 0.2) is 24.3 Å². The second-order valence-corrected chi connectivity index (χ2v) is 7.60. The summed E-state index contributed by atoms with van der Waals surface area (Å²) >= 11 is 0. The van der Waals surface area contributed by atoms with E-state index in [1.165, 1.54) is 24.8 Å². The van der Waals surface area contributed by atoms with Gasteiger partial charge in [-0.3, -0.25) is 4.90 Å². The van der Waals surface area contributed by atoms with Gasteiger partial charge in [-0.15, -0.1) is 0 Å². The smallest absolute Gasteiger partial charge is 0.122 e. The summed E-state index contributed by atoms with van der Waals surface area (Å²) in [6, 6.07) is 9.19. The first-order chi connectivity index (χ1) is 11.8. The van der Waals surface area contributed by atoms with Gasteiger partial charge in [0, 0.05) is 18.6 Å². The lowest BCUT2D eigenvalue weighted by Crippen LogP contribution is -2.55. The van der Waals surface area contributed by atoms with E-state index in [2.05, 4.69) is 29.2 Å². The fraction of sp³-hybridized carbons (Fsp3) is 0.700. The second-order valence-electron chi connectivity index (χ2n) is 7.60. The zero-order chi connectivity index (χ0) is 16.4. The molecule has 5 rings (SSSR count). The Bertz CT molecular complexity index is 542. The van der Waals surface area contributed by atoms with Crippen LogP contribution in [-0.4, -0.2) is 49.4 Å². The molecule has 1 aromatic rings. The van der Waals surface area contributed by atoms with Crippen LogP contribution >= 0.6 is 0 Å². The van der Waals surface area contributed by atoms with Crippen LogP contribution in [0.25, 0.3) is 0 Å². The molecule has 2 N–H and O–H groups in total. The summed E-state index contributed by atoms with van der Waals surface area (Å²) in [4.78, 5) is 2.49. The van der Waals surface area contributed by atoms with Crippen LogP contribution in [0.5, 0.6) is 5.75 Å². The van der Waals surface area contributed by atoms with Gasteiger partial charge in [-0.05, 0) is 62.6 Å². The zero-order valence-corrected chi connectivity index (χ0v) is 14.5. The summed E-state index contributed by atoms with van der Waals surface area (Å²) in [7, 11) is 0. The van der Waals surface area contributed by atoms with Gasteiger partial charge in [0.15, 0.2) is 0 Å². The van der Waals surface area contributed by atoms with E-state index in [0.717, 1.165) is 51.3 Å². The molecule has 132 valence electrons. The molecule has 1 aliphatic carbocycles. The van der Waals surface area contributed by atoms with Crippen molar-refractivity contribution in [2.45, 2.75) is 62.6 Å². The molecule has 0 spiro atoms. The van der Waals surface area contributed by atoms with Crippen LogP contribution in [0.1, 0.15) is 50.0 Å². The van der Waals surface area contributed by atoms with Crippen LogP contribution in [0.3, 0.4) is 0 Å². The molecule has 4 heteroatoms. The van der Waals surface area contributed by atoms with Crippen LogP contribution in [-0.2, 0) is 4.74 Å². The summed E-state index contributed by atoms with van der Waals surface area (Å²) in [6.45, 7) is 3.56. The van der Waals surface area contributed by atoms with Crippen molar-refractivity contribution in [1.82, 2.24) is 4.90 Å². The highest BCUT2D eigenvalue weighted by Crippen LogP contribution is 2.38. The third kappa shape index (κ3) is 3.46. The van der Waals surface area contributed by atoms with E-state index in [1.54, 1.807) is 0 Å². The van der Waals surface area contributed by atoms with E-state index in [4.69, 9.17) is 15.2 Å². The van der Waals surface area contributed by atoms with Gasteiger partial charge in [-0.1, -0.05) is 18.2 Å². The molecule has 3 heterocycles. The molecule has 0 aromatic heterocycles. The Balaban J connectivity index is 1.56. The Morgan fingerprint density at radius 2 is 1.83 bits per heavy atom. The number of para-hydroxylation sites is 1. The fourth-order valence-electron chi connectivity index (χ4n) is 4.66. The number of fused-ring (bicyclic) bond motifs is 5. The molecule has 1 saturated heterocycles. The number of hydrogen-bond acceptors (Lipinski definition) is 4. The maximum absolute atomic E-state index is 6.41. The molecule has 4 nitrogen and oxygen atoms in total. The summed E-state index contributed by atoms with van der Waals surface area (Å²) < 4.78 is 12.5. The van der Waals surface area contributed by atoms with E-state index in [-0.39, 0.29) is 6.04 Å². The largest absolute Gasteiger partial charge is 0.492 e. The average Bonchev–Trinajstić information content (AvgIpc) is 2.64. The monoisotopic (exact) mass is 330 g/mol. The minimum Gasteiger partial charge on any atom is -0.492 e. The Hall–Kier alpha value is -1.10. The second kappa shape index (κ2) is 7.42. The molecule has 3 aliphatic heterocycles. The summed E-state index contributed by atoms with van der Waals surface area (Å²) in [5.41, 5.74) is 7.80. The topological polar surface area (TPSA) is 47.7 Å². The van der Waals surface area contributed by atoms with Gasteiger partial charge in [0.2, 0.25) is 0 Å². The van der Waals surface area contributed by atoms with Gasteiger partial charge in [-0.2, -0.15) is 0 Å². The molecule has 0 amide bonds. The summed E-state index contributed by atoms with van der Waals surface area (Å²) in [6.07, 6.45) is 7.41. The molecule has 2 unspecified atom stereocenters. The lowest BCUT2D eigenvalue weighted by atomic mass is 9.82. The van der Waals surface area contributed by atoms with Gasteiger partial charge >= 0.3 is 0 Å². The van der Waals surface area contributed by atoms with Crippen LogP contribution in [0, 0.1) is 0 Å². The van der Waals surface area contributed by atoms with Crippen molar-refractivity contribution < 1.29 is 9.47 Å².